The molecule has 0 amide bonds. The van der Waals surface area contributed by atoms with Crippen molar-refractivity contribution in [3.63, 3.8) is 0 Å². The monoisotopic (exact) mass is 323 g/mol. The molecule has 2 aromatic carbocycles. The summed E-state index contributed by atoms with van der Waals surface area (Å²) in [4.78, 5) is 0.154. The van der Waals surface area contributed by atoms with E-state index >= 15 is 0 Å². The summed E-state index contributed by atoms with van der Waals surface area (Å²) in [7, 11) is 1.52. The van der Waals surface area contributed by atoms with Crippen LogP contribution >= 0.6 is 23.8 Å². The van der Waals surface area contributed by atoms with Gasteiger partial charge in [0.05, 0.1) is 24.3 Å². The Morgan fingerprint density at radius 3 is 2.62 bits per heavy atom. The van der Waals surface area contributed by atoms with Gasteiger partial charge in [0.15, 0.2) is 11.5 Å². The van der Waals surface area contributed by atoms with Crippen LogP contribution in [0.3, 0.4) is 0 Å². The molecule has 21 heavy (non-hydrogen) atoms. The Hall–Kier alpha value is -1.82. The third kappa shape index (κ3) is 3.44. The van der Waals surface area contributed by atoms with E-state index in [1.165, 1.54) is 7.11 Å². The maximum absolute atomic E-state index is 9.14. The highest BCUT2D eigenvalue weighted by Crippen LogP contribution is 2.35. The average molecular weight is 324 g/mol. The lowest BCUT2D eigenvalue weighted by Gasteiger charge is -2.14. The molecule has 2 aromatic rings. The Kier molecular flexibility index (Phi) is 5.01. The number of methoxy groups -OCH3 is 1. The van der Waals surface area contributed by atoms with Crippen LogP contribution in [0.25, 0.3) is 0 Å². The molecule has 0 aliphatic heterocycles. The van der Waals surface area contributed by atoms with E-state index < -0.39 is 0 Å². The minimum Gasteiger partial charge on any atom is -0.493 e. The van der Waals surface area contributed by atoms with Crippen molar-refractivity contribution in [2.75, 3.05) is 7.11 Å². The predicted octanol–water partition coefficient (Wildman–Crippen LogP) is 3.27. The van der Waals surface area contributed by atoms with Crippen molar-refractivity contribution in [3.05, 3.63) is 52.5 Å². The zero-order valence-electron chi connectivity index (χ0n) is 11.3. The second-order valence-electron chi connectivity index (χ2n) is 4.22. The number of thiocarbonyl (C=S) groups is 1. The lowest BCUT2D eigenvalue weighted by Crippen LogP contribution is -2.11. The van der Waals surface area contributed by atoms with Crippen LogP contribution in [-0.2, 0) is 6.61 Å². The van der Waals surface area contributed by atoms with Gasteiger partial charge in [-0.2, -0.15) is 0 Å². The normalized spacial score (nSPS) is 10.2. The molecule has 0 heterocycles. The maximum atomic E-state index is 9.14. The van der Waals surface area contributed by atoms with Crippen LogP contribution in [-0.4, -0.2) is 17.2 Å². The summed E-state index contributed by atoms with van der Waals surface area (Å²) < 4.78 is 11.1. The van der Waals surface area contributed by atoms with E-state index in [1.54, 1.807) is 36.4 Å². The molecule has 0 saturated carbocycles. The topological polar surface area (TPSA) is 64.7 Å². The van der Waals surface area contributed by atoms with E-state index in [4.69, 9.17) is 44.1 Å². The van der Waals surface area contributed by atoms with Gasteiger partial charge in [0, 0.05) is 0 Å². The molecular weight excluding hydrogens is 310 g/mol. The number of ether oxygens (including phenoxy) is 2. The van der Waals surface area contributed by atoms with Crippen molar-refractivity contribution >= 4 is 28.8 Å². The number of halogens is 1. The highest BCUT2D eigenvalue weighted by Gasteiger charge is 2.14. The van der Waals surface area contributed by atoms with E-state index in [0.717, 1.165) is 5.56 Å². The number of hydrogen-bond acceptors (Lipinski definition) is 4. The predicted molar refractivity (Wildman–Crippen MR) is 86.3 cm³/mol. The first-order valence-corrected chi connectivity index (χ1v) is 6.89. The summed E-state index contributed by atoms with van der Waals surface area (Å²) in [6.45, 7) is -0.0774. The first kappa shape index (κ1) is 15.6. The largest absolute Gasteiger partial charge is 0.493 e. The van der Waals surface area contributed by atoms with Gasteiger partial charge in [0.2, 0.25) is 0 Å². The number of benzene rings is 2. The molecule has 0 aliphatic rings. The Morgan fingerprint density at radius 2 is 2.00 bits per heavy atom. The summed E-state index contributed by atoms with van der Waals surface area (Å²) in [5, 5.41) is 9.57. The van der Waals surface area contributed by atoms with Crippen molar-refractivity contribution in [3.8, 4) is 17.2 Å². The average Bonchev–Trinajstić information content (AvgIpc) is 2.47. The molecule has 6 heteroatoms. The molecule has 0 bridgehead atoms. The Bertz CT molecular complexity index is 676. The standard InChI is InChI=1S/C15H14ClNO3S/c1-19-13-7-9(8-18)5-6-11(13)20-12-4-2-3-10(16)14(12)15(17)21/h2-7,18H,8H2,1H3,(H2,17,21). The fourth-order valence-electron chi connectivity index (χ4n) is 1.84. The van der Waals surface area contributed by atoms with Gasteiger partial charge in [0.25, 0.3) is 0 Å². The molecule has 3 N–H and O–H groups in total. The summed E-state index contributed by atoms with van der Waals surface area (Å²) in [5.41, 5.74) is 6.88. The molecule has 0 unspecified atom stereocenters. The Morgan fingerprint density at radius 1 is 1.24 bits per heavy atom. The van der Waals surface area contributed by atoms with E-state index in [9.17, 15) is 0 Å². The van der Waals surface area contributed by atoms with E-state index in [2.05, 4.69) is 0 Å². The molecule has 0 spiro atoms. The van der Waals surface area contributed by atoms with Crippen molar-refractivity contribution < 1.29 is 14.6 Å². The minimum atomic E-state index is -0.0774. The van der Waals surface area contributed by atoms with Crippen molar-refractivity contribution in [1.82, 2.24) is 0 Å². The van der Waals surface area contributed by atoms with Crippen LogP contribution in [0.1, 0.15) is 11.1 Å². The minimum absolute atomic E-state index is 0.0774. The molecule has 110 valence electrons. The van der Waals surface area contributed by atoms with Gasteiger partial charge in [-0.25, -0.2) is 0 Å². The Balaban J connectivity index is 2.43. The second-order valence-corrected chi connectivity index (χ2v) is 5.07. The fourth-order valence-corrected chi connectivity index (χ4v) is 2.38. The lowest BCUT2D eigenvalue weighted by molar-refractivity contribution is 0.280. The molecule has 0 atom stereocenters. The van der Waals surface area contributed by atoms with Gasteiger partial charge in [-0.1, -0.05) is 36.0 Å². The van der Waals surface area contributed by atoms with Gasteiger partial charge in [-0.05, 0) is 29.8 Å². The van der Waals surface area contributed by atoms with Crippen molar-refractivity contribution in [2.45, 2.75) is 6.61 Å². The highest BCUT2D eigenvalue weighted by atomic mass is 35.5. The van der Waals surface area contributed by atoms with E-state index in [1.807, 2.05) is 0 Å². The van der Waals surface area contributed by atoms with Gasteiger partial charge >= 0.3 is 0 Å². The van der Waals surface area contributed by atoms with Crippen molar-refractivity contribution in [1.29, 1.82) is 0 Å². The van der Waals surface area contributed by atoms with Crippen LogP contribution in [0.4, 0.5) is 0 Å². The quantitative estimate of drug-likeness (QED) is 0.827. The maximum Gasteiger partial charge on any atom is 0.169 e. The molecular formula is C15H14ClNO3S. The molecule has 0 aliphatic carbocycles. The van der Waals surface area contributed by atoms with Gasteiger partial charge in [0.1, 0.15) is 10.7 Å². The number of nitrogens with two attached hydrogens (primary N) is 1. The summed E-state index contributed by atoms with van der Waals surface area (Å²) in [5.74, 6) is 1.43. The van der Waals surface area contributed by atoms with Crippen LogP contribution in [0.2, 0.25) is 5.02 Å². The SMILES string of the molecule is COc1cc(CO)ccc1Oc1cccc(Cl)c1C(N)=S. The first-order valence-electron chi connectivity index (χ1n) is 6.10. The highest BCUT2D eigenvalue weighted by molar-refractivity contribution is 7.80. The van der Waals surface area contributed by atoms with Gasteiger partial charge < -0.3 is 20.3 Å². The number of aliphatic hydroxyl groups excluding tert-OH is 1. The lowest BCUT2D eigenvalue weighted by atomic mass is 10.2. The number of rotatable bonds is 5. The second kappa shape index (κ2) is 6.76. The number of hydrogen-bond donors (Lipinski definition) is 2. The molecule has 0 radical (unpaired) electrons. The van der Waals surface area contributed by atoms with Gasteiger partial charge in [-0.3, -0.25) is 0 Å². The first-order chi connectivity index (χ1) is 10.1. The zero-order chi connectivity index (χ0) is 15.4. The Labute approximate surface area is 133 Å². The van der Waals surface area contributed by atoms with Crippen molar-refractivity contribution in [2.24, 2.45) is 5.73 Å². The third-order valence-corrected chi connectivity index (χ3v) is 3.37. The van der Waals surface area contributed by atoms with Gasteiger partial charge in [-0.15, -0.1) is 0 Å². The third-order valence-electron chi connectivity index (χ3n) is 2.85. The molecule has 0 fully saturated rings. The molecule has 0 aromatic heterocycles. The van der Waals surface area contributed by atoms with Crippen LogP contribution in [0, 0.1) is 0 Å². The van der Waals surface area contributed by atoms with E-state index in [-0.39, 0.29) is 11.6 Å². The fraction of sp³-hybridized carbons (Fsp3) is 0.133. The molecule has 2 rings (SSSR count). The number of aliphatic hydroxyl groups is 1. The van der Waals surface area contributed by atoms with Crippen LogP contribution in [0.5, 0.6) is 17.2 Å². The van der Waals surface area contributed by atoms with Crippen LogP contribution in [0.15, 0.2) is 36.4 Å². The van der Waals surface area contributed by atoms with E-state index in [0.29, 0.717) is 27.8 Å². The smallest absolute Gasteiger partial charge is 0.169 e. The molecule has 0 saturated heterocycles. The summed E-state index contributed by atoms with van der Waals surface area (Å²) in [6, 6.07) is 10.3. The summed E-state index contributed by atoms with van der Waals surface area (Å²) in [6.07, 6.45) is 0. The van der Waals surface area contributed by atoms with Crippen LogP contribution < -0.4 is 15.2 Å². The zero-order valence-corrected chi connectivity index (χ0v) is 12.9. The molecule has 4 nitrogen and oxygen atoms in total. The summed E-state index contributed by atoms with van der Waals surface area (Å²) >= 11 is 11.1.